The van der Waals surface area contributed by atoms with Crippen LogP contribution in [0.1, 0.15) is 33.6 Å². The normalized spacial score (nSPS) is 33.1. The molecule has 5 heteroatoms. The van der Waals surface area contributed by atoms with E-state index in [4.69, 9.17) is 4.74 Å². The van der Waals surface area contributed by atoms with E-state index in [0.29, 0.717) is 25.6 Å². The van der Waals surface area contributed by atoms with Gasteiger partial charge in [-0.1, -0.05) is 13.8 Å². The minimum atomic E-state index is -0.382. The van der Waals surface area contributed by atoms with Gasteiger partial charge in [0.2, 0.25) is 11.8 Å². The van der Waals surface area contributed by atoms with E-state index in [-0.39, 0.29) is 29.9 Å². The van der Waals surface area contributed by atoms with E-state index in [1.165, 1.54) is 0 Å². The van der Waals surface area contributed by atoms with Crippen molar-refractivity contribution in [3.8, 4) is 0 Å². The number of amides is 2. The van der Waals surface area contributed by atoms with Gasteiger partial charge in [-0.05, 0) is 25.7 Å². The molecule has 0 aromatic rings. The minimum absolute atomic E-state index is 0.0475. The number of carbonyl (C=O) groups excluding carboxylic acids is 2. The van der Waals surface area contributed by atoms with Crippen LogP contribution >= 0.6 is 0 Å². The van der Waals surface area contributed by atoms with E-state index in [0.717, 1.165) is 6.42 Å². The Morgan fingerprint density at radius 3 is 2.72 bits per heavy atom. The second kappa shape index (κ2) is 5.26. The monoisotopic (exact) mass is 254 g/mol. The summed E-state index contributed by atoms with van der Waals surface area (Å²) in [7, 11) is 0. The van der Waals surface area contributed by atoms with Crippen molar-refractivity contribution in [2.75, 3.05) is 13.2 Å². The number of rotatable bonds is 3. The third-order valence-corrected chi connectivity index (χ3v) is 3.67. The van der Waals surface area contributed by atoms with Crippen LogP contribution in [0.2, 0.25) is 0 Å². The molecule has 0 bridgehead atoms. The molecule has 2 amide bonds. The summed E-state index contributed by atoms with van der Waals surface area (Å²) in [6, 6.07) is -0.685. The molecule has 3 atom stereocenters. The molecular weight excluding hydrogens is 232 g/mol. The van der Waals surface area contributed by atoms with E-state index in [2.05, 4.69) is 19.2 Å². The molecule has 0 aromatic carbocycles. The number of carbonyl (C=O) groups is 2. The first-order valence-electron chi connectivity index (χ1n) is 6.71. The van der Waals surface area contributed by atoms with E-state index < -0.39 is 0 Å². The smallest absolute Gasteiger partial charge is 0.246 e. The molecule has 0 radical (unpaired) electrons. The number of hydrogen-bond donors (Lipinski definition) is 1. The maximum Gasteiger partial charge on any atom is 0.246 e. The predicted octanol–water partition coefficient (Wildman–Crippen LogP) is 0.537. The van der Waals surface area contributed by atoms with Gasteiger partial charge in [0.25, 0.3) is 0 Å². The van der Waals surface area contributed by atoms with Crippen LogP contribution in [-0.4, -0.2) is 48.1 Å². The fourth-order valence-corrected chi connectivity index (χ4v) is 2.72. The Hall–Kier alpha value is -1.10. The topological polar surface area (TPSA) is 58.6 Å². The molecule has 0 aliphatic carbocycles. The summed E-state index contributed by atoms with van der Waals surface area (Å²) in [5.41, 5.74) is 0. The van der Waals surface area contributed by atoms with Crippen LogP contribution in [0, 0.1) is 5.92 Å². The standard InChI is InChI=1S/C13H22N2O3/c1-8(2)6-11-13(17)15(9(3)12(16)14-11)10-4-5-18-7-10/h8-11H,4-7H2,1-3H3,(H,14,16). The Balaban J connectivity index is 2.14. The summed E-state index contributed by atoms with van der Waals surface area (Å²) in [6.07, 6.45) is 1.53. The van der Waals surface area contributed by atoms with E-state index >= 15 is 0 Å². The molecule has 2 aliphatic heterocycles. The first-order chi connectivity index (χ1) is 8.50. The van der Waals surface area contributed by atoms with Gasteiger partial charge in [-0.2, -0.15) is 0 Å². The molecule has 2 rings (SSSR count). The van der Waals surface area contributed by atoms with Crippen molar-refractivity contribution < 1.29 is 14.3 Å². The second-order valence-electron chi connectivity index (χ2n) is 5.63. The van der Waals surface area contributed by atoms with Gasteiger partial charge in [-0.15, -0.1) is 0 Å². The van der Waals surface area contributed by atoms with Gasteiger partial charge < -0.3 is 15.0 Å². The van der Waals surface area contributed by atoms with Gasteiger partial charge in [0, 0.05) is 6.61 Å². The predicted molar refractivity (Wildman–Crippen MR) is 66.9 cm³/mol. The van der Waals surface area contributed by atoms with E-state index in [9.17, 15) is 9.59 Å². The second-order valence-corrected chi connectivity index (χ2v) is 5.63. The van der Waals surface area contributed by atoms with Crippen molar-refractivity contribution in [2.45, 2.75) is 51.7 Å². The largest absolute Gasteiger partial charge is 0.379 e. The van der Waals surface area contributed by atoms with E-state index in [1.807, 2.05) is 0 Å². The highest BCUT2D eigenvalue weighted by atomic mass is 16.5. The quantitative estimate of drug-likeness (QED) is 0.799. The van der Waals surface area contributed by atoms with Gasteiger partial charge in [-0.25, -0.2) is 0 Å². The lowest BCUT2D eigenvalue weighted by atomic mass is 9.97. The highest BCUT2D eigenvalue weighted by Crippen LogP contribution is 2.22. The van der Waals surface area contributed by atoms with Crippen molar-refractivity contribution in [2.24, 2.45) is 5.92 Å². The zero-order valence-corrected chi connectivity index (χ0v) is 11.3. The first kappa shape index (κ1) is 13.3. The van der Waals surface area contributed by atoms with Crippen molar-refractivity contribution in [3.05, 3.63) is 0 Å². The van der Waals surface area contributed by atoms with Crippen LogP contribution in [0.5, 0.6) is 0 Å². The Bertz CT molecular complexity index is 337. The number of ether oxygens (including phenoxy) is 1. The molecule has 18 heavy (non-hydrogen) atoms. The Morgan fingerprint density at radius 2 is 2.17 bits per heavy atom. The summed E-state index contributed by atoms with van der Waals surface area (Å²) in [6.45, 7) is 7.13. The summed E-state index contributed by atoms with van der Waals surface area (Å²) in [4.78, 5) is 26.1. The van der Waals surface area contributed by atoms with Crippen molar-refractivity contribution in [1.29, 1.82) is 0 Å². The summed E-state index contributed by atoms with van der Waals surface area (Å²) < 4.78 is 5.33. The molecule has 2 saturated heterocycles. The lowest BCUT2D eigenvalue weighted by Gasteiger charge is -2.40. The summed E-state index contributed by atoms with van der Waals surface area (Å²) >= 11 is 0. The van der Waals surface area contributed by atoms with Gasteiger partial charge >= 0.3 is 0 Å². The molecule has 2 heterocycles. The van der Waals surface area contributed by atoms with Gasteiger partial charge in [0.05, 0.1) is 12.6 Å². The van der Waals surface area contributed by atoms with Crippen LogP contribution in [-0.2, 0) is 14.3 Å². The molecule has 0 saturated carbocycles. The maximum atomic E-state index is 12.5. The lowest BCUT2D eigenvalue weighted by Crippen LogP contribution is -2.65. The van der Waals surface area contributed by atoms with Crippen molar-refractivity contribution in [1.82, 2.24) is 10.2 Å². The third-order valence-electron chi connectivity index (χ3n) is 3.67. The Labute approximate surface area is 108 Å². The molecule has 0 spiro atoms. The van der Waals surface area contributed by atoms with Gasteiger partial charge in [0.15, 0.2) is 0 Å². The fraction of sp³-hybridized carbons (Fsp3) is 0.846. The lowest BCUT2D eigenvalue weighted by molar-refractivity contribution is -0.151. The SMILES string of the molecule is CC(C)CC1NC(=O)C(C)N(C2CCOC2)C1=O. The Kier molecular flexibility index (Phi) is 3.90. The maximum absolute atomic E-state index is 12.5. The van der Waals surface area contributed by atoms with Crippen molar-refractivity contribution in [3.63, 3.8) is 0 Å². The summed E-state index contributed by atoms with van der Waals surface area (Å²) in [5.74, 6) is 0.382. The van der Waals surface area contributed by atoms with E-state index in [1.54, 1.807) is 11.8 Å². The van der Waals surface area contributed by atoms with Crippen LogP contribution in [0.3, 0.4) is 0 Å². The van der Waals surface area contributed by atoms with Crippen molar-refractivity contribution >= 4 is 11.8 Å². The van der Waals surface area contributed by atoms with Crippen LogP contribution in [0.25, 0.3) is 0 Å². The highest BCUT2D eigenvalue weighted by Gasteiger charge is 2.42. The molecule has 2 aliphatic rings. The average Bonchev–Trinajstić information content (AvgIpc) is 2.79. The zero-order valence-electron chi connectivity index (χ0n) is 11.3. The molecule has 2 fully saturated rings. The summed E-state index contributed by atoms with van der Waals surface area (Å²) in [5, 5.41) is 2.83. The molecular formula is C13H22N2O3. The highest BCUT2D eigenvalue weighted by molar-refractivity contribution is 5.96. The molecule has 102 valence electrons. The van der Waals surface area contributed by atoms with Crippen LogP contribution in [0.15, 0.2) is 0 Å². The molecule has 3 unspecified atom stereocenters. The Morgan fingerprint density at radius 1 is 1.44 bits per heavy atom. The number of nitrogens with one attached hydrogen (secondary N) is 1. The molecule has 0 aromatic heterocycles. The first-order valence-corrected chi connectivity index (χ1v) is 6.71. The van der Waals surface area contributed by atoms with Gasteiger partial charge in [-0.3, -0.25) is 9.59 Å². The number of hydrogen-bond acceptors (Lipinski definition) is 3. The zero-order chi connectivity index (χ0) is 13.3. The minimum Gasteiger partial charge on any atom is -0.379 e. The van der Waals surface area contributed by atoms with Crippen LogP contribution in [0.4, 0.5) is 0 Å². The van der Waals surface area contributed by atoms with Crippen LogP contribution < -0.4 is 5.32 Å². The average molecular weight is 254 g/mol. The fourth-order valence-electron chi connectivity index (χ4n) is 2.72. The molecule has 1 N–H and O–H groups in total. The van der Waals surface area contributed by atoms with Gasteiger partial charge in [0.1, 0.15) is 12.1 Å². The third kappa shape index (κ3) is 2.51. The number of nitrogens with zero attached hydrogens (tertiary/aromatic N) is 1. The number of piperazine rings is 1. The molecule has 5 nitrogen and oxygen atoms in total.